The topological polar surface area (TPSA) is 49.3 Å². The summed E-state index contributed by atoms with van der Waals surface area (Å²) < 4.78 is 26.4. The lowest BCUT2D eigenvalue weighted by Crippen LogP contribution is -2.29. The van der Waals surface area contributed by atoms with Gasteiger partial charge in [0, 0.05) is 0 Å². The average molecular weight is 241 g/mol. The Labute approximate surface area is 97.5 Å². The van der Waals surface area contributed by atoms with Gasteiger partial charge in [-0.3, -0.25) is 4.79 Å². The molecule has 5 heteroatoms. The molecule has 2 rings (SSSR count). The molecule has 1 heterocycles. The smallest absolute Gasteiger partial charge is 0.320 e. The van der Waals surface area contributed by atoms with Crippen molar-refractivity contribution in [3.05, 3.63) is 35.4 Å². The van der Waals surface area contributed by atoms with Crippen LogP contribution in [0, 0.1) is 17.6 Å². The Balaban J connectivity index is 2.03. The lowest BCUT2D eigenvalue weighted by molar-refractivity contribution is -0.139. The normalized spacial score (nSPS) is 23.9. The summed E-state index contributed by atoms with van der Waals surface area (Å²) in [7, 11) is 0. The molecule has 0 radical (unpaired) electrons. The quantitative estimate of drug-likeness (QED) is 0.844. The molecule has 1 aromatic carbocycles. The van der Waals surface area contributed by atoms with Crippen LogP contribution >= 0.6 is 0 Å². The van der Waals surface area contributed by atoms with E-state index in [1.54, 1.807) is 0 Å². The third-order valence-corrected chi connectivity index (χ3v) is 3.06. The first-order valence-electron chi connectivity index (χ1n) is 5.47. The van der Waals surface area contributed by atoms with Crippen molar-refractivity contribution in [2.24, 2.45) is 5.92 Å². The van der Waals surface area contributed by atoms with Crippen LogP contribution < -0.4 is 5.32 Å². The van der Waals surface area contributed by atoms with E-state index in [4.69, 9.17) is 5.11 Å². The van der Waals surface area contributed by atoms with Gasteiger partial charge < -0.3 is 10.4 Å². The first-order chi connectivity index (χ1) is 8.08. The Morgan fingerprint density at radius 3 is 2.88 bits per heavy atom. The highest BCUT2D eigenvalue weighted by molar-refractivity contribution is 5.73. The predicted octanol–water partition coefficient (Wildman–Crippen LogP) is 1.57. The van der Waals surface area contributed by atoms with E-state index in [0.717, 1.165) is 6.07 Å². The summed E-state index contributed by atoms with van der Waals surface area (Å²) in [4.78, 5) is 10.7. The number of hydrogen-bond donors (Lipinski definition) is 2. The monoisotopic (exact) mass is 241 g/mol. The third-order valence-electron chi connectivity index (χ3n) is 3.06. The van der Waals surface area contributed by atoms with Crippen LogP contribution in [0.5, 0.6) is 0 Å². The second-order valence-corrected chi connectivity index (χ2v) is 4.32. The molecule has 1 aromatic rings. The maximum Gasteiger partial charge on any atom is 0.320 e. The number of hydrogen-bond acceptors (Lipinski definition) is 2. The van der Waals surface area contributed by atoms with Crippen LogP contribution in [0.15, 0.2) is 18.2 Å². The molecular formula is C12H13F2NO2. The van der Waals surface area contributed by atoms with Crippen molar-refractivity contribution in [3.63, 3.8) is 0 Å². The van der Waals surface area contributed by atoms with Gasteiger partial charge in [0.15, 0.2) is 11.6 Å². The van der Waals surface area contributed by atoms with Gasteiger partial charge in [-0.1, -0.05) is 12.1 Å². The average Bonchev–Trinajstić information content (AvgIpc) is 2.73. The zero-order chi connectivity index (χ0) is 12.4. The van der Waals surface area contributed by atoms with Gasteiger partial charge in [-0.25, -0.2) is 8.78 Å². The molecule has 0 aliphatic carbocycles. The molecule has 17 heavy (non-hydrogen) atoms. The van der Waals surface area contributed by atoms with Crippen LogP contribution in [0.25, 0.3) is 0 Å². The van der Waals surface area contributed by atoms with Crippen molar-refractivity contribution in [1.29, 1.82) is 0 Å². The van der Waals surface area contributed by atoms with Crippen molar-refractivity contribution in [1.82, 2.24) is 5.32 Å². The fourth-order valence-corrected chi connectivity index (χ4v) is 2.17. The highest BCUT2D eigenvalue weighted by Gasteiger charge is 2.29. The Bertz CT molecular complexity index is 437. The van der Waals surface area contributed by atoms with Gasteiger partial charge in [-0.05, 0) is 36.9 Å². The fourth-order valence-electron chi connectivity index (χ4n) is 2.17. The Morgan fingerprint density at radius 2 is 2.24 bits per heavy atom. The van der Waals surface area contributed by atoms with Crippen LogP contribution in [0.4, 0.5) is 8.78 Å². The number of carbonyl (C=O) groups is 1. The van der Waals surface area contributed by atoms with Gasteiger partial charge in [0.05, 0.1) is 0 Å². The minimum Gasteiger partial charge on any atom is -0.480 e. The minimum atomic E-state index is -0.896. The summed E-state index contributed by atoms with van der Waals surface area (Å²) in [6.07, 6.45) is 0.811. The molecule has 0 bridgehead atoms. The summed E-state index contributed by atoms with van der Waals surface area (Å²) >= 11 is 0. The molecule has 1 fully saturated rings. The summed E-state index contributed by atoms with van der Waals surface area (Å²) in [5, 5.41) is 11.6. The van der Waals surface area contributed by atoms with E-state index in [2.05, 4.69) is 5.32 Å². The van der Waals surface area contributed by atoms with E-state index in [1.807, 2.05) is 0 Å². The minimum absolute atomic E-state index is 0.0346. The molecule has 3 nitrogen and oxygen atoms in total. The van der Waals surface area contributed by atoms with Crippen LogP contribution in [0.3, 0.4) is 0 Å². The first-order valence-corrected chi connectivity index (χ1v) is 5.47. The van der Waals surface area contributed by atoms with Crippen molar-refractivity contribution in [3.8, 4) is 0 Å². The van der Waals surface area contributed by atoms with E-state index < -0.39 is 23.6 Å². The lowest BCUT2D eigenvalue weighted by Gasteiger charge is -2.09. The second kappa shape index (κ2) is 4.79. The fraction of sp³-hybridized carbons (Fsp3) is 0.417. The van der Waals surface area contributed by atoms with Crippen molar-refractivity contribution >= 4 is 5.97 Å². The molecule has 0 amide bonds. The highest BCUT2D eigenvalue weighted by atomic mass is 19.2. The molecule has 2 N–H and O–H groups in total. The van der Waals surface area contributed by atoms with Crippen LogP contribution in [0.1, 0.15) is 12.0 Å². The maximum atomic E-state index is 13.4. The molecule has 1 unspecified atom stereocenters. The molecule has 0 saturated carbocycles. The molecule has 1 aliphatic heterocycles. The zero-order valence-electron chi connectivity index (χ0n) is 9.12. The van der Waals surface area contributed by atoms with E-state index >= 15 is 0 Å². The number of rotatable bonds is 3. The van der Waals surface area contributed by atoms with Crippen molar-refractivity contribution in [2.75, 3.05) is 6.54 Å². The summed E-state index contributed by atoms with van der Waals surface area (Å²) in [6.45, 7) is 0.521. The standard InChI is InChI=1S/C12H13F2NO2/c13-9-3-1-2-8(11(9)14)4-7-5-10(12(16)17)15-6-7/h1-3,7,10,15H,4-6H2,(H,16,17)/t7?,10-/m0/s1. The lowest BCUT2D eigenvalue weighted by atomic mass is 9.96. The van der Waals surface area contributed by atoms with E-state index in [1.165, 1.54) is 12.1 Å². The number of carboxylic acid groups (broad SMARTS) is 1. The third kappa shape index (κ3) is 2.61. The number of halogens is 2. The largest absolute Gasteiger partial charge is 0.480 e. The summed E-state index contributed by atoms with van der Waals surface area (Å²) in [5.74, 6) is -2.55. The molecule has 0 spiro atoms. The van der Waals surface area contributed by atoms with Crippen LogP contribution in [-0.2, 0) is 11.2 Å². The molecule has 2 atom stereocenters. The van der Waals surface area contributed by atoms with Crippen molar-refractivity contribution < 1.29 is 18.7 Å². The Morgan fingerprint density at radius 1 is 1.47 bits per heavy atom. The van der Waals surface area contributed by atoms with E-state index in [9.17, 15) is 13.6 Å². The number of aliphatic carboxylic acids is 1. The van der Waals surface area contributed by atoms with Crippen LogP contribution in [0.2, 0.25) is 0 Å². The molecular weight excluding hydrogens is 228 g/mol. The number of carboxylic acids is 1. The Hall–Kier alpha value is -1.49. The highest BCUT2D eigenvalue weighted by Crippen LogP contribution is 2.22. The second-order valence-electron chi connectivity index (χ2n) is 4.32. The van der Waals surface area contributed by atoms with Gasteiger partial charge >= 0.3 is 5.97 Å². The number of nitrogens with one attached hydrogen (secondary N) is 1. The summed E-state index contributed by atoms with van der Waals surface area (Å²) in [6, 6.07) is 3.50. The van der Waals surface area contributed by atoms with Gasteiger partial charge in [0.1, 0.15) is 6.04 Å². The van der Waals surface area contributed by atoms with Gasteiger partial charge in [-0.15, -0.1) is 0 Å². The van der Waals surface area contributed by atoms with Gasteiger partial charge in [0.2, 0.25) is 0 Å². The summed E-state index contributed by atoms with van der Waals surface area (Å²) in [5.41, 5.74) is 0.308. The van der Waals surface area contributed by atoms with Gasteiger partial charge in [0.25, 0.3) is 0 Å². The molecule has 1 saturated heterocycles. The van der Waals surface area contributed by atoms with Crippen molar-refractivity contribution in [2.45, 2.75) is 18.9 Å². The van der Waals surface area contributed by atoms with E-state index in [-0.39, 0.29) is 5.92 Å². The Kier molecular flexibility index (Phi) is 3.38. The zero-order valence-corrected chi connectivity index (χ0v) is 9.12. The number of benzene rings is 1. The maximum absolute atomic E-state index is 13.4. The van der Waals surface area contributed by atoms with E-state index in [0.29, 0.717) is 24.9 Å². The molecule has 1 aliphatic rings. The predicted molar refractivity (Wildman–Crippen MR) is 57.6 cm³/mol. The molecule has 0 aromatic heterocycles. The van der Waals surface area contributed by atoms with Crippen LogP contribution in [-0.4, -0.2) is 23.7 Å². The first kappa shape index (κ1) is 12.0. The molecule has 92 valence electrons. The van der Waals surface area contributed by atoms with Gasteiger partial charge in [-0.2, -0.15) is 0 Å². The SMILES string of the molecule is O=C(O)[C@@H]1CC(Cc2cccc(F)c2F)CN1.